The summed E-state index contributed by atoms with van der Waals surface area (Å²) in [6.45, 7) is 0.338. The first-order chi connectivity index (χ1) is 12.5. The van der Waals surface area contributed by atoms with Gasteiger partial charge in [0, 0.05) is 18.8 Å². The molecule has 0 fully saturated rings. The molecular formula is C16H13F6N3O2. The van der Waals surface area contributed by atoms with E-state index in [2.05, 4.69) is 9.84 Å². The maximum absolute atomic E-state index is 13.3. The molecule has 0 spiro atoms. The molecule has 11 heteroatoms. The minimum atomic E-state index is -4.89. The van der Waals surface area contributed by atoms with E-state index in [0.29, 0.717) is 6.42 Å². The molecule has 0 radical (unpaired) electrons. The average molecular weight is 393 g/mol. The van der Waals surface area contributed by atoms with Crippen molar-refractivity contribution in [1.29, 1.82) is 0 Å². The number of nitrogens with zero attached hydrogens (tertiary/aromatic N) is 3. The van der Waals surface area contributed by atoms with Gasteiger partial charge in [0.2, 0.25) is 0 Å². The van der Waals surface area contributed by atoms with Crippen molar-refractivity contribution >= 4 is 17.5 Å². The zero-order chi connectivity index (χ0) is 20.0. The van der Waals surface area contributed by atoms with Gasteiger partial charge in [-0.1, -0.05) is 0 Å². The Labute approximate surface area is 149 Å². The number of hydrogen-bond acceptors (Lipinski definition) is 4. The van der Waals surface area contributed by atoms with Crippen LogP contribution in [0, 0.1) is 0 Å². The van der Waals surface area contributed by atoms with Crippen LogP contribution in [-0.2, 0) is 23.6 Å². The quantitative estimate of drug-likeness (QED) is 0.566. The molecule has 0 N–H and O–H groups in total. The number of esters is 1. The Morgan fingerprint density at radius 2 is 1.67 bits per heavy atom. The molecule has 3 rings (SSSR count). The maximum atomic E-state index is 13.3. The molecule has 0 unspecified atom stereocenters. The molecule has 0 saturated carbocycles. The van der Waals surface area contributed by atoms with E-state index in [1.54, 1.807) is 0 Å². The fraction of sp³-hybridized carbons (Fsp3) is 0.375. The van der Waals surface area contributed by atoms with Gasteiger partial charge in [-0.3, -0.25) is 0 Å². The standard InChI is InChI=1S/C16H13F6N3O2/c1-27-14(26)11-12(16(20,21)22)23-25-8-2-7-24(13(11)25)10-5-3-9(4-6-10)15(17,18)19/h3-6H,2,7-8H2,1H3. The second-order valence-corrected chi connectivity index (χ2v) is 5.81. The molecular weight excluding hydrogens is 380 g/mol. The van der Waals surface area contributed by atoms with Crippen molar-refractivity contribution in [3.8, 4) is 0 Å². The fourth-order valence-corrected chi connectivity index (χ4v) is 2.94. The SMILES string of the molecule is COC(=O)c1c(C(F)(F)F)nn2c1N(c1ccc(C(F)(F)F)cc1)CCC2. The number of aromatic nitrogens is 2. The number of anilines is 2. The monoisotopic (exact) mass is 393 g/mol. The summed E-state index contributed by atoms with van der Waals surface area (Å²) in [6, 6.07) is 3.93. The normalized spacial score (nSPS) is 14.9. The molecule has 0 bridgehead atoms. The molecule has 1 aromatic heterocycles. The van der Waals surface area contributed by atoms with Crippen molar-refractivity contribution in [2.45, 2.75) is 25.3 Å². The van der Waals surface area contributed by atoms with Crippen LogP contribution in [0.1, 0.15) is 28.0 Å². The Morgan fingerprint density at radius 1 is 1.04 bits per heavy atom. The Kier molecular flexibility index (Phi) is 4.56. The Balaban J connectivity index is 2.13. The van der Waals surface area contributed by atoms with Crippen molar-refractivity contribution < 1.29 is 35.9 Å². The van der Waals surface area contributed by atoms with Gasteiger partial charge in [-0.15, -0.1) is 0 Å². The average Bonchev–Trinajstić information content (AvgIpc) is 3.00. The number of fused-ring (bicyclic) bond motifs is 1. The number of rotatable bonds is 2. The van der Waals surface area contributed by atoms with E-state index in [4.69, 9.17) is 0 Å². The zero-order valence-electron chi connectivity index (χ0n) is 13.9. The molecule has 0 saturated heterocycles. The van der Waals surface area contributed by atoms with Gasteiger partial charge < -0.3 is 9.64 Å². The summed E-state index contributed by atoms with van der Waals surface area (Å²) in [5.74, 6) is -1.37. The lowest BCUT2D eigenvalue weighted by atomic mass is 10.1. The predicted molar refractivity (Wildman–Crippen MR) is 81.6 cm³/mol. The maximum Gasteiger partial charge on any atom is 0.436 e. The third-order valence-electron chi connectivity index (χ3n) is 4.10. The summed E-state index contributed by atoms with van der Waals surface area (Å²) in [5, 5.41) is 3.49. The van der Waals surface area contributed by atoms with E-state index < -0.39 is 35.1 Å². The van der Waals surface area contributed by atoms with E-state index in [0.717, 1.165) is 36.1 Å². The fourth-order valence-electron chi connectivity index (χ4n) is 2.94. The van der Waals surface area contributed by atoms with E-state index in [9.17, 15) is 31.1 Å². The minimum absolute atomic E-state index is 0.131. The highest BCUT2D eigenvalue weighted by Gasteiger charge is 2.44. The van der Waals surface area contributed by atoms with Crippen LogP contribution in [0.3, 0.4) is 0 Å². The highest BCUT2D eigenvalue weighted by molar-refractivity contribution is 5.97. The number of carbonyl (C=O) groups is 1. The highest BCUT2D eigenvalue weighted by atomic mass is 19.4. The van der Waals surface area contributed by atoms with Gasteiger partial charge in [0.25, 0.3) is 0 Å². The van der Waals surface area contributed by atoms with Crippen LogP contribution in [-0.4, -0.2) is 29.4 Å². The Morgan fingerprint density at radius 3 is 2.19 bits per heavy atom. The van der Waals surface area contributed by atoms with Crippen LogP contribution in [0.15, 0.2) is 24.3 Å². The molecule has 5 nitrogen and oxygen atoms in total. The van der Waals surface area contributed by atoms with Gasteiger partial charge in [-0.2, -0.15) is 31.4 Å². The minimum Gasteiger partial charge on any atom is -0.465 e. The summed E-state index contributed by atoms with van der Waals surface area (Å²) >= 11 is 0. The molecule has 27 heavy (non-hydrogen) atoms. The topological polar surface area (TPSA) is 47.4 Å². The van der Waals surface area contributed by atoms with Crippen molar-refractivity contribution in [2.75, 3.05) is 18.6 Å². The van der Waals surface area contributed by atoms with Crippen molar-refractivity contribution in [3.63, 3.8) is 0 Å². The summed E-state index contributed by atoms with van der Waals surface area (Å²) in [4.78, 5) is 13.4. The van der Waals surface area contributed by atoms with Crippen LogP contribution < -0.4 is 4.90 Å². The van der Waals surface area contributed by atoms with E-state index in [-0.39, 0.29) is 24.6 Å². The van der Waals surface area contributed by atoms with Crippen LogP contribution in [0.2, 0.25) is 0 Å². The predicted octanol–water partition coefficient (Wildman–Crippen LogP) is 4.25. The lowest BCUT2D eigenvalue weighted by Gasteiger charge is -2.30. The number of aryl methyl sites for hydroxylation is 1. The number of methoxy groups -OCH3 is 1. The molecule has 2 aromatic rings. The number of benzene rings is 1. The van der Waals surface area contributed by atoms with Gasteiger partial charge >= 0.3 is 18.3 Å². The van der Waals surface area contributed by atoms with Crippen molar-refractivity contribution in [3.05, 3.63) is 41.1 Å². The molecule has 0 atom stereocenters. The Bertz CT molecular complexity index is 855. The third-order valence-corrected chi connectivity index (χ3v) is 4.10. The lowest BCUT2D eigenvalue weighted by molar-refractivity contribution is -0.142. The van der Waals surface area contributed by atoms with Gasteiger partial charge in [-0.05, 0) is 30.7 Å². The number of hydrogen-bond donors (Lipinski definition) is 0. The summed E-state index contributed by atoms with van der Waals surface area (Å²) < 4.78 is 83.7. The second-order valence-electron chi connectivity index (χ2n) is 5.81. The molecule has 146 valence electrons. The van der Waals surface area contributed by atoms with Gasteiger partial charge in [0.05, 0.1) is 12.7 Å². The number of ether oxygens (including phenoxy) is 1. The molecule has 0 amide bonds. The largest absolute Gasteiger partial charge is 0.465 e. The smallest absolute Gasteiger partial charge is 0.436 e. The van der Waals surface area contributed by atoms with Crippen LogP contribution >= 0.6 is 0 Å². The van der Waals surface area contributed by atoms with Crippen LogP contribution in [0.4, 0.5) is 37.8 Å². The number of carbonyl (C=O) groups excluding carboxylic acids is 1. The lowest BCUT2D eigenvalue weighted by Crippen LogP contribution is -2.29. The second kappa shape index (κ2) is 6.46. The first-order valence-electron chi connectivity index (χ1n) is 7.75. The van der Waals surface area contributed by atoms with Crippen molar-refractivity contribution in [2.24, 2.45) is 0 Å². The summed E-state index contributed by atoms with van der Waals surface area (Å²) in [7, 11) is 0.942. The molecule has 0 aliphatic carbocycles. The van der Waals surface area contributed by atoms with Crippen LogP contribution in [0.25, 0.3) is 0 Å². The molecule has 1 aromatic carbocycles. The first kappa shape index (κ1) is 19.1. The van der Waals surface area contributed by atoms with Gasteiger partial charge in [-0.25, -0.2) is 9.48 Å². The van der Waals surface area contributed by atoms with E-state index in [1.165, 1.54) is 4.90 Å². The van der Waals surface area contributed by atoms with Gasteiger partial charge in [0.15, 0.2) is 5.69 Å². The van der Waals surface area contributed by atoms with Crippen molar-refractivity contribution in [1.82, 2.24) is 9.78 Å². The van der Waals surface area contributed by atoms with E-state index in [1.807, 2.05) is 0 Å². The molecule has 2 heterocycles. The first-order valence-corrected chi connectivity index (χ1v) is 7.75. The zero-order valence-corrected chi connectivity index (χ0v) is 13.9. The summed E-state index contributed by atoms with van der Waals surface area (Å²) in [5.41, 5.74) is -2.82. The number of alkyl halides is 6. The van der Waals surface area contributed by atoms with E-state index >= 15 is 0 Å². The van der Waals surface area contributed by atoms with Gasteiger partial charge in [0.1, 0.15) is 11.4 Å². The molecule has 1 aliphatic rings. The third kappa shape index (κ3) is 3.45. The number of halogens is 6. The highest BCUT2D eigenvalue weighted by Crippen LogP contribution is 2.41. The molecule has 1 aliphatic heterocycles. The Hall–Kier alpha value is -2.72. The summed E-state index contributed by atoms with van der Waals surface area (Å²) in [6.07, 6.45) is -9.03. The van der Waals surface area contributed by atoms with Crippen LogP contribution in [0.5, 0.6) is 0 Å².